The van der Waals surface area contributed by atoms with Crippen molar-refractivity contribution in [2.45, 2.75) is 0 Å². The van der Waals surface area contributed by atoms with Gasteiger partial charge in [0, 0.05) is 35.3 Å². The van der Waals surface area contributed by atoms with E-state index < -0.39 is 0 Å². The molecule has 23 heavy (non-hydrogen) atoms. The molecule has 0 aliphatic heterocycles. The lowest BCUT2D eigenvalue weighted by molar-refractivity contribution is 1.20. The number of nitrogens with one attached hydrogen (secondary N) is 1. The van der Waals surface area contributed by atoms with Gasteiger partial charge in [0.25, 0.3) is 0 Å². The molecule has 0 atom stereocenters. The number of hydrogen-bond donors (Lipinski definition) is 1. The third-order valence-corrected chi connectivity index (χ3v) is 4.58. The van der Waals surface area contributed by atoms with E-state index in [0.717, 1.165) is 22.3 Å². The van der Waals surface area contributed by atoms with Gasteiger partial charge in [0.15, 0.2) is 5.82 Å². The number of nitrogens with zero attached hydrogens (tertiary/aromatic N) is 3. The summed E-state index contributed by atoms with van der Waals surface area (Å²) in [4.78, 5) is 14.8. The minimum absolute atomic E-state index is 0.679. The second-order valence-corrected chi connectivity index (χ2v) is 6.04. The fourth-order valence-corrected chi connectivity index (χ4v) is 3.26. The van der Waals surface area contributed by atoms with Gasteiger partial charge in [0.05, 0.1) is 5.52 Å². The molecule has 3 heterocycles. The van der Waals surface area contributed by atoms with E-state index in [1.165, 1.54) is 10.4 Å². The van der Waals surface area contributed by atoms with Crippen LogP contribution in [-0.4, -0.2) is 22.0 Å². The summed E-state index contributed by atoms with van der Waals surface area (Å²) >= 11 is 1.73. The van der Waals surface area contributed by atoms with Crippen molar-refractivity contribution >= 4 is 28.1 Å². The average molecular weight is 318 g/mol. The van der Waals surface area contributed by atoms with E-state index in [0.29, 0.717) is 5.82 Å². The third-order valence-electron chi connectivity index (χ3n) is 3.66. The minimum atomic E-state index is 0.679. The van der Waals surface area contributed by atoms with Gasteiger partial charge >= 0.3 is 0 Å². The highest BCUT2D eigenvalue weighted by molar-refractivity contribution is 7.13. The van der Waals surface area contributed by atoms with Crippen LogP contribution in [0.2, 0.25) is 0 Å². The molecule has 0 spiro atoms. The Morgan fingerprint density at radius 3 is 2.70 bits per heavy atom. The number of aromatic nitrogens is 3. The lowest BCUT2D eigenvalue weighted by atomic mass is 10.1. The molecule has 4 aromatic rings. The molecule has 0 aliphatic carbocycles. The average Bonchev–Trinajstić information content (AvgIpc) is 3.15. The van der Waals surface area contributed by atoms with Gasteiger partial charge in [-0.15, -0.1) is 11.3 Å². The monoisotopic (exact) mass is 318 g/mol. The minimum Gasteiger partial charge on any atom is -0.373 e. The van der Waals surface area contributed by atoms with Crippen LogP contribution in [0, 0.1) is 0 Å². The Balaban J connectivity index is 1.93. The second-order valence-electron chi connectivity index (χ2n) is 5.10. The molecule has 5 heteroatoms. The lowest BCUT2D eigenvalue weighted by Crippen LogP contribution is -1.99. The summed E-state index contributed by atoms with van der Waals surface area (Å²) in [5.74, 6) is 1.50. The number of rotatable bonds is 3. The van der Waals surface area contributed by atoms with Crippen LogP contribution in [0.15, 0.2) is 60.2 Å². The molecule has 4 rings (SSSR count). The van der Waals surface area contributed by atoms with Crippen molar-refractivity contribution in [3.05, 3.63) is 60.2 Å². The predicted molar refractivity (Wildman–Crippen MR) is 95.6 cm³/mol. The van der Waals surface area contributed by atoms with Crippen molar-refractivity contribution in [3.63, 3.8) is 0 Å². The highest BCUT2D eigenvalue weighted by Gasteiger charge is 2.10. The molecule has 0 amide bonds. The summed E-state index contributed by atoms with van der Waals surface area (Å²) in [5, 5.41) is 6.26. The highest BCUT2D eigenvalue weighted by atomic mass is 32.1. The maximum atomic E-state index is 4.74. The molecule has 1 aromatic carbocycles. The van der Waals surface area contributed by atoms with Gasteiger partial charge in [-0.1, -0.05) is 12.1 Å². The Labute approximate surface area is 137 Å². The number of pyridine rings is 1. The van der Waals surface area contributed by atoms with Crippen molar-refractivity contribution in [2.24, 2.45) is 0 Å². The summed E-state index contributed by atoms with van der Waals surface area (Å²) in [5.41, 5.74) is 3.01. The molecule has 0 bridgehead atoms. The number of fused-ring (bicyclic) bond motifs is 1. The molecule has 0 aliphatic rings. The molecule has 0 radical (unpaired) electrons. The molecule has 3 aromatic heterocycles. The summed E-state index contributed by atoms with van der Waals surface area (Å²) in [6.07, 6.45) is 3.53. The lowest BCUT2D eigenvalue weighted by Gasteiger charge is -2.09. The summed E-state index contributed by atoms with van der Waals surface area (Å²) < 4.78 is 0. The first-order valence-corrected chi connectivity index (χ1v) is 8.17. The SMILES string of the molecule is CNc1nc(-c2cccnc2)nc2cc(-c3cccs3)ccc12. The normalized spacial score (nSPS) is 10.8. The van der Waals surface area contributed by atoms with Crippen LogP contribution < -0.4 is 5.32 Å². The molecule has 1 N–H and O–H groups in total. The van der Waals surface area contributed by atoms with Crippen LogP contribution in [0.5, 0.6) is 0 Å². The zero-order valence-corrected chi connectivity index (χ0v) is 13.3. The molecule has 0 fully saturated rings. The first-order valence-electron chi connectivity index (χ1n) is 7.29. The second kappa shape index (κ2) is 5.78. The van der Waals surface area contributed by atoms with Crippen molar-refractivity contribution in [1.29, 1.82) is 0 Å². The Morgan fingerprint density at radius 1 is 1.00 bits per heavy atom. The van der Waals surface area contributed by atoms with Gasteiger partial charge in [-0.2, -0.15) is 0 Å². The maximum Gasteiger partial charge on any atom is 0.163 e. The van der Waals surface area contributed by atoms with E-state index in [4.69, 9.17) is 4.98 Å². The summed E-state index contributed by atoms with van der Waals surface area (Å²) in [6, 6.07) is 14.3. The van der Waals surface area contributed by atoms with E-state index in [9.17, 15) is 0 Å². The van der Waals surface area contributed by atoms with Gasteiger partial charge in [0.2, 0.25) is 0 Å². The van der Waals surface area contributed by atoms with Crippen LogP contribution in [-0.2, 0) is 0 Å². The van der Waals surface area contributed by atoms with Crippen LogP contribution in [0.4, 0.5) is 5.82 Å². The number of thiophene rings is 1. The largest absolute Gasteiger partial charge is 0.373 e. The van der Waals surface area contributed by atoms with E-state index in [1.807, 2.05) is 19.2 Å². The zero-order chi connectivity index (χ0) is 15.6. The first kappa shape index (κ1) is 13.8. The Morgan fingerprint density at radius 2 is 1.96 bits per heavy atom. The van der Waals surface area contributed by atoms with Crippen LogP contribution in [0.3, 0.4) is 0 Å². The smallest absolute Gasteiger partial charge is 0.163 e. The van der Waals surface area contributed by atoms with Crippen molar-refractivity contribution < 1.29 is 0 Å². The number of anilines is 1. The summed E-state index contributed by atoms with van der Waals surface area (Å²) in [7, 11) is 1.88. The van der Waals surface area contributed by atoms with E-state index in [-0.39, 0.29) is 0 Å². The van der Waals surface area contributed by atoms with Crippen LogP contribution >= 0.6 is 11.3 Å². The Bertz CT molecular complexity index is 950. The van der Waals surface area contributed by atoms with E-state index >= 15 is 0 Å². The quantitative estimate of drug-likeness (QED) is 0.606. The molecular formula is C18H14N4S. The number of benzene rings is 1. The van der Waals surface area contributed by atoms with Crippen LogP contribution in [0.1, 0.15) is 0 Å². The van der Waals surface area contributed by atoms with E-state index in [2.05, 4.69) is 51.0 Å². The van der Waals surface area contributed by atoms with Gasteiger partial charge in [-0.25, -0.2) is 9.97 Å². The Kier molecular flexibility index (Phi) is 3.48. The molecule has 112 valence electrons. The van der Waals surface area contributed by atoms with Crippen molar-refractivity contribution in [1.82, 2.24) is 15.0 Å². The molecule has 0 saturated carbocycles. The Hall–Kier alpha value is -2.79. The van der Waals surface area contributed by atoms with Crippen molar-refractivity contribution in [2.75, 3.05) is 12.4 Å². The molecule has 0 saturated heterocycles. The van der Waals surface area contributed by atoms with E-state index in [1.54, 1.807) is 23.7 Å². The van der Waals surface area contributed by atoms with Gasteiger partial charge < -0.3 is 5.32 Å². The third kappa shape index (κ3) is 2.55. The number of hydrogen-bond acceptors (Lipinski definition) is 5. The fraction of sp³-hybridized carbons (Fsp3) is 0.0556. The summed E-state index contributed by atoms with van der Waals surface area (Å²) in [6.45, 7) is 0. The van der Waals surface area contributed by atoms with Gasteiger partial charge in [-0.05, 0) is 41.3 Å². The highest BCUT2D eigenvalue weighted by Crippen LogP contribution is 2.30. The molecular weight excluding hydrogens is 304 g/mol. The first-order chi connectivity index (χ1) is 11.3. The predicted octanol–water partition coefficient (Wildman–Crippen LogP) is 4.46. The standard InChI is InChI=1S/C18H14N4S/c1-19-18-14-7-6-12(16-5-3-9-23-16)10-15(14)21-17(22-18)13-4-2-8-20-11-13/h2-11H,1H3,(H,19,21,22). The van der Waals surface area contributed by atoms with Crippen molar-refractivity contribution in [3.8, 4) is 21.8 Å². The molecule has 4 nitrogen and oxygen atoms in total. The zero-order valence-electron chi connectivity index (χ0n) is 12.5. The maximum absolute atomic E-state index is 4.74. The van der Waals surface area contributed by atoms with Gasteiger partial charge in [0.1, 0.15) is 5.82 Å². The fourth-order valence-electron chi connectivity index (χ4n) is 2.54. The van der Waals surface area contributed by atoms with Gasteiger partial charge in [-0.3, -0.25) is 4.98 Å². The topological polar surface area (TPSA) is 50.7 Å². The molecule has 0 unspecified atom stereocenters. The van der Waals surface area contributed by atoms with Crippen LogP contribution in [0.25, 0.3) is 32.7 Å².